The van der Waals surface area contributed by atoms with Crippen molar-refractivity contribution in [3.63, 3.8) is 0 Å². The molecule has 0 bridgehead atoms. The molecule has 0 spiro atoms. The molecule has 1 aliphatic heterocycles. The van der Waals surface area contributed by atoms with Gasteiger partial charge in [-0.25, -0.2) is 8.78 Å². The summed E-state index contributed by atoms with van der Waals surface area (Å²) in [6.45, 7) is 1.52. The first-order valence-corrected chi connectivity index (χ1v) is 7.47. The highest BCUT2D eigenvalue weighted by Gasteiger charge is 2.28. The Balaban J connectivity index is 2.38. The molecule has 23 heavy (non-hydrogen) atoms. The number of fused-ring (bicyclic) bond motifs is 1. The number of amides is 1. The monoisotopic (exact) mass is 354 g/mol. The van der Waals surface area contributed by atoms with Crippen LogP contribution in [0.3, 0.4) is 0 Å². The van der Waals surface area contributed by atoms with E-state index in [2.05, 4.69) is 10.3 Å². The topological polar surface area (TPSA) is 41.5 Å². The molecule has 0 radical (unpaired) electrons. The average molecular weight is 355 g/mol. The fourth-order valence-electron chi connectivity index (χ4n) is 2.35. The lowest BCUT2D eigenvalue weighted by atomic mass is 9.99. The summed E-state index contributed by atoms with van der Waals surface area (Å²) in [6, 6.07) is 5.65. The molecule has 0 fully saturated rings. The predicted octanol–water partition coefficient (Wildman–Crippen LogP) is 4.45. The van der Waals surface area contributed by atoms with E-state index in [9.17, 15) is 13.6 Å². The van der Waals surface area contributed by atoms with Gasteiger partial charge in [0.25, 0.3) is 0 Å². The minimum absolute atomic E-state index is 0.0473. The Morgan fingerprint density at radius 1 is 1.09 bits per heavy atom. The molecule has 7 heteroatoms. The summed E-state index contributed by atoms with van der Waals surface area (Å²) in [5.74, 6) is -2.00. The number of benzene rings is 2. The third kappa shape index (κ3) is 2.71. The van der Waals surface area contributed by atoms with Crippen molar-refractivity contribution < 1.29 is 13.6 Å². The van der Waals surface area contributed by atoms with Crippen LogP contribution in [0.15, 0.2) is 35.3 Å². The summed E-state index contributed by atoms with van der Waals surface area (Å²) < 4.78 is 28.4. The van der Waals surface area contributed by atoms with Crippen LogP contribution in [-0.4, -0.2) is 17.7 Å². The number of rotatable bonds is 1. The third-order valence-corrected chi connectivity index (χ3v) is 4.30. The van der Waals surface area contributed by atoms with Gasteiger partial charge < -0.3 is 5.32 Å². The van der Waals surface area contributed by atoms with Crippen molar-refractivity contribution in [3.05, 3.63) is 63.1 Å². The van der Waals surface area contributed by atoms with Crippen molar-refractivity contribution in [2.24, 2.45) is 4.99 Å². The molecule has 1 heterocycles. The van der Waals surface area contributed by atoms with Gasteiger partial charge in [-0.2, -0.15) is 0 Å². The number of anilines is 1. The van der Waals surface area contributed by atoms with E-state index in [0.717, 1.165) is 12.1 Å². The van der Waals surface area contributed by atoms with E-state index >= 15 is 0 Å². The van der Waals surface area contributed by atoms with Gasteiger partial charge in [0.2, 0.25) is 5.91 Å². The van der Waals surface area contributed by atoms with Crippen molar-refractivity contribution in [1.82, 2.24) is 0 Å². The second kappa shape index (κ2) is 5.91. The van der Waals surface area contributed by atoms with Gasteiger partial charge in [0.1, 0.15) is 17.7 Å². The molecule has 118 valence electrons. The second-order valence-corrected chi connectivity index (χ2v) is 5.81. The first-order chi connectivity index (χ1) is 10.9. The lowest BCUT2D eigenvalue weighted by Crippen LogP contribution is -2.22. The van der Waals surface area contributed by atoms with Crippen molar-refractivity contribution in [2.45, 2.75) is 13.0 Å². The number of nitrogens with one attached hydrogen (secondary N) is 1. The number of nitrogens with zero attached hydrogens (tertiary/aromatic N) is 1. The van der Waals surface area contributed by atoms with E-state index < -0.39 is 23.6 Å². The van der Waals surface area contributed by atoms with Crippen LogP contribution in [0.4, 0.5) is 14.5 Å². The van der Waals surface area contributed by atoms with Gasteiger partial charge in [-0.1, -0.05) is 29.3 Å². The van der Waals surface area contributed by atoms with Crippen LogP contribution >= 0.6 is 23.2 Å². The molecular weight excluding hydrogens is 345 g/mol. The van der Waals surface area contributed by atoms with E-state index in [0.29, 0.717) is 5.69 Å². The molecule has 1 atom stereocenters. The molecule has 1 aliphatic rings. The molecule has 1 N–H and O–H groups in total. The molecule has 0 aliphatic carbocycles. The second-order valence-electron chi connectivity index (χ2n) is 5.02. The molecule has 2 aromatic carbocycles. The van der Waals surface area contributed by atoms with Crippen LogP contribution in [0.5, 0.6) is 0 Å². The maximum atomic E-state index is 14.2. The van der Waals surface area contributed by atoms with Gasteiger partial charge in [0.15, 0.2) is 0 Å². The summed E-state index contributed by atoms with van der Waals surface area (Å²) in [6.07, 6.45) is 0. The van der Waals surface area contributed by atoms with E-state index in [4.69, 9.17) is 23.2 Å². The highest BCUT2D eigenvalue weighted by atomic mass is 35.5. The predicted molar refractivity (Wildman–Crippen MR) is 86.6 cm³/mol. The van der Waals surface area contributed by atoms with Gasteiger partial charge in [-0.05, 0) is 31.2 Å². The number of hydrogen-bond acceptors (Lipinski definition) is 2. The number of hydrogen-bond donors (Lipinski definition) is 1. The van der Waals surface area contributed by atoms with E-state index in [1.165, 1.54) is 25.1 Å². The van der Waals surface area contributed by atoms with Crippen LogP contribution in [0, 0.1) is 11.6 Å². The van der Waals surface area contributed by atoms with Crippen LogP contribution < -0.4 is 5.32 Å². The number of aliphatic imine (C=N–C) groups is 1. The van der Waals surface area contributed by atoms with Crippen molar-refractivity contribution in [2.75, 3.05) is 5.32 Å². The minimum Gasteiger partial charge on any atom is -0.324 e. The van der Waals surface area contributed by atoms with Crippen LogP contribution in [-0.2, 0) is 4.79 Å². The first-order valence-electron chi connectivity index (χ1n) is 6.71. The zero-order valence-corrected chi connectivity index (χ0v) is 13.3. The summed E-state index contributed by atoms with van der Waals surface area (Å²) >= 11 is 12.2. The standard InChI is InChI=1S/C16H10Cl2F2N2O/c1-7-16(23)22-11-6-5-8(17)14(18)13(11)15(21-7)12-9(19)3-2-4-10(12)20/h2-7H,1H3,(H,22,23)/t7-/m0/s1. The Hall–Kier alpha value is -1.98. The lowest BCUT2D eigenvalue weighted by Gasteiger charge is -2.14. The highest BCUT2D eigenvalue weighted by Crippen LogP contribution is 2.36. The number of halogens is 4. The Labute approximate surface area is 140 Å². The molecular formula is C16H10Cl2F2N2O. The highest BCUT2D eigenvalue weighted by molar-refractivity contribution is 6.45. The Bertz CT molecular complexity index is 832. The minimum atomic E-state index is -0.841. The fraction of sp³-hybridized carbons (Fsp3) is 0.125. The maximum absolute atomic E-state index is 14.2. The zero-order valence-electron chi connectivity index (χ0n) is 11.8. The molecule has 0 unspecified atom stereocenters. The zero-order chi connectivity index (χ0) is 16.7. The molecule has 2 aromatic rings. The van der Waals surface area contributed by atoms with Gasteiger partial charge >= 0.3 is 0 Å². The van der Waals surface area contributed by atoms with Gasteiger partial charge in [-0.15, -0.1) is 0 Å². The molecule has 0 saturated carbocycles. The summed E-state index contributed by atoms with van der Waals surface area (Å²) in [5.41, 5.74) is 0.103. The smallest absolute Gasteiger partial charge is 0.248 e. The van der Waals surface area contributed by atoms with Crippen molar-refractivity contribution >= 4 is 40.5 Å². The molecule has 0 saturated heterocycles. The van der Waals surface area contributed by atoms with Gasteiger partial charge in [0.05, 0.1) is 27.0 Å². The van der Waals surface area contributed by atoms with Gasteiger partial charge in [0, 0.05) is 5.56 Å². The van der Waals surface area contributed by atoms with Gasteiger partial charge in [-0.3, -0.25) is 9.79 Å². The Kier molecular flexibility index (Phi) is 4.08. The number of carbonyl (C=O) groups is 1. The van der Waals surface area contributed by atoms with Crippen LogP contribution in [0.2, 0.25) is 10.0 Å². The normalized spacial score (nSPS) is 17.2. The fourth-order valence-corrected chi connectivity index (χ4v) is 2.77. The lowest BCUT2D eigenvalue weighted by molar-refractivity contribution is -0.116. The maximum Gasteiger partial charge on any atom is 0.248 e. The van der Waals surface area contributed by atoms with Crippen molar-refractivity contribution in [3.8, 4) is 0 Å². The van der Waals surface area contributed by atoms with E-state index in [1.807, 2.05) is 0 Å². The SMILES string of the molecule is C[C@@H]1N=C(c2c(F)cccc2F)c2c(ccc(Cl)c2Cl)NC1=O. The average Bonchev–Trinajstić information content (AvgIpc) is 2.61. The van der Waals surface area contributed by atoms with Crippen molar-refractivity contribution in [1.29, 1.82) is 0 Å². The molecule has 3 nitrogen and oxygen atoms in total. The largest absolute Gasteiger partial charge is 0.324 e. The first kappa shape index (κ1) is 15.9. The molecule has 0 aromatic heterocycles. The Morgan fingerprint density at radius 3 is 2.39 bits per heavy atom. The molecule has 3 rings (SSSR count). The molecule has 1 amide bonds. The summed E-state index contributed by atoms with van der Waals surface area (Å²) in [4.78, 5) is 16.2. The Morgan fingerprint density at radius 2 is 1.74 bits per heavy atom. The summed E-state index contributed by atoms with van der Waals surface area (Å²) in [5, 5.41) is 2.90. The number of benzodiazepines with no additional fused rings is 1. The van der Waals surface area contributed by atoms with E-state index in [-0.39, 0.29) is 26.9 Å². The third-order valence-electron chi connectivity index (χ3n) is 3.49. The number of carbonyl (C=O) groups excluding carboxylic acids is 1. The van der Waals surface area contributed by atoms with Crippen LogP contribution in [0.1, 0.15) is 18.1 Å². The summed E-state index contributed by atoms with van der Waals surface area (Å²) in [7, 11) is 0. The van der Waals surface area contributed by atoms with Crippen LogP contribution in [0.25, 0.3) is 0 Å². The van der Waals surface area contributed by atoms with E-state index in [1.54, 1.807) is 0 Å². The quantitative estimate of drug-likeness (QED) is 0.807.